The van der Waals surface area contributed by atoms with E-state index >= 15 is 0 Å². The van der Waals surface area contributed by atoms with Crippen LogP contribution in [0.1, 0.15) is 26.7 Å². The van der Waals surface area contributed by atoms with Crippen LogP contribution in [0.3, 0.4) is 0 Å². The fourth-order valence-corrected chi connectivity index (χ4v) is 1.33. The zero-order chi connectivity index (χ0) is 12.3. The van der Waals surface area contributed by atoms with E-state index in [0.717, 1.165) is 0 Å². The van der Waals surface area contributed by atoms with Crippen LogP contribution in [0.2, 0.25) is 0 Å². The Morgan fingerprint density at radius 2 is 1.67 bits per heavy atom. The molecule has 0 aliphatic carbocycles. The van der Waals surface area contributed by atoms with Crippen molar-refractivity contribution in [2.75, 3.05) is 27.7 Å². The number of quaternary nitrogens is 1. The van der Waals surface area contributed by atoms with Gasteiger partial charge in [-0.05, 0) is 25.6 Å². The van der Waals surface area contributed by atoms with E-state index < -0.39 is 11.5 Å². The highest BCUT2D eigenvalue weighted by Gasteiger charge is 2.37. The van der Waals surface area contributed by atoms with Gasteiger partial charge in [0.05, 0.1) is 34.1 Å². The third kappa shape index (κ3) is 7.94. The van der Waals surface area contributed by atoms with E-state index in [9.17, 15) is 8.78 Å². The van der Waals surface area contributed by atoms with E-state index in [2.05, 4.69) is 4.84 Å². The average Bonchev–Trinajstić information content (AvgIpc) is 1.98. The van der Waals surface area contributed by atoms with Gasteiger partial charge >= 0.3 is 0 Å². The summed E-state index contributed by atoms with van der Waals surface area (Å²) >= 11 is 5.40. The zero-order valence-electron chi connectivity index (χ0n) is 10.2. The summed E-state index contributed by atoms with van der Waals surface area (Å²) in [6.07, 6.45) is -0.359. The summed E-state index contributed by atoms with van der Waals surface area (Å²) in [5, 5.41) is 0. The van der Waals surface area contributed by atoms with Crippen molar-refractivity contribution in [1.29, 1.82) is 0 Å². The largest absolute Gasteiger partial charge is 0.331 e. The van der Waals surface area contributed by atoms with Crippen molar-refractivity contribution < 1.29 is 13.3 Å². The van der Waals surface area contributed by atoms with Gasteiger partial charge in [-0.2, -0.15) is 0 Å². The van der Waals surface area contributed by atoms with Crippen LogP contribution in [-0.2, 0) is 0 Å². The molecular weight excluding hydrogens is 222 g/mol. The van der Waals surface area contributed by atoms with E-state index in [-0.39, 0.29) is 12.8 Å². The summed E-state index contributed by atoms with van der Waals surface area (Å²) in [5.41, 5.74) is -0.740. The Morgan fingerprint density at radius 3 is 2.00 bits per heavy atom. The highest BCUT2D eigenvalue weighted by Crippen LogP contribution is 2.30. The highest BCUT2D eigenvalue weighted by molar-refractivity contribution is 6.13. The van der Waals surface area contributed by atoms with Gasteiger partial charge in [-0.15, -0.1) is 0 Å². The van der Waals surface area contributed by atoms with E-state index in [0.29, 0.717) is 11.0 Å². The highest BCUT2D eigenvalue weighted by atomic mass is 35.5. The van der Waals surface area contributed by atoms with Gasteiger partial charge in [-0.1, -0.05) is 0 Å². The SMILES string of the molecule is CC(C)(CC(F)(F)CC[N+](C)(C)C)NCl. The fraction of sp³-hybridized carbons (Fsp3) is 1.00. The third-order valence-corrected chi connectivity index (χ3v) is 2.62. The lowest BCUT2D eigenvalue weighted by Gasteiger charge is -2.30. The van der Waals surface area contributed by atoms with Crippen molar-refractivity contribution in [1.82, 2.24) is 4.84 Å². The second-order valence-electron chi connectivity index (χ2n) is 5.78. The number of nitrogens with one attached hydrogen (secondary N) is 1. The summed E-state index contributed by atoms with van der Waals surface area (Å²) in [4.78, 5) is 2.38. The van der Waals surface area contributed by atoms with Crippen LogP contribution in [0.25, 0.3) is 0 Å². The van der Waals surface area contributed by atoms with Crippen molar-refractivity contribution in [3.05, 3.63) is 0 Å². The van der Waals surface area contributed by atoms with Crippen LogP contribution in [0.4, 0.5) is 8.78 Å². The van der Waals surface area contributed by atoms with Crippen LogP contribution in [0.15, 0.2) is 0 Å². The van der Waals surface area contributed by atoms with Crippen LogP contribution in [-0.4, -0.2) is 43.6 Å². The molecule has 0 aliphatic heterocycles. The topological polar surface area (TPSA) is 12.0 Å². The molecule has 0 heterocycles. The van der Waals surface area contributed by atoms with E-state index in [1.165, 1.54) is 0 Å². The van der Waals surface area contributed by atoms with Crippen molar-refractivity contribution in [3.63, 3.8) is 0 Å². The Hall–Kier alpha value is 0.0700. The molecule has 2 nitrogen and oxygen atoms in total. The predicted molar refractivity (Wildman–Crippen MR) is 60.1 cm³/mol. The number of hydrogen-bond acceptors (Lipinski definition) is 1. The summed E-state index contributed by atoms with van der Waals surface area (Å²) < 4.78 is 27.6. The lowest BCUT2D eigenvalue weighted by atomic mass is 9.95. The maximum Gasteiger partial charge on any atom is 0.255 e. The number of halogens is 3. The molecule has 5 heteroatoms. The maximum atomic E-state index is 13.5. The first-order chi connectivity index (χ1) is 6.47. The van der Waals surface area contributed by atoms with Crippen LogP contribution in [0.5, 0.6) is 0 Å². The molecule has 0 aliphatic rings. The monoisotopic (exact) mass is 243 g/mol. The van der Waals surface area contributed by atoms with Gasteiger partial charge in [0, 0.05) is 12.0 Å². The van der Waals surface area contributed by atoms with Gasteiger partial charge in [0.25, 0.3) is 5.92 Å². The summed E-state index contributed by atoms with van der Waals surface area (Å²) in [7, 11) is 5.71. The minimum atomic E-state index is -2.67. The fourth-order valence-electron chi connectivity index (χ4n) is 1.27. The predicted octanol–water partition coefficient (Wildman–Crippen LogP) is 2.63. The van der Waals surface area contributed by atoms with Gasteiger partial charge in [-0.25, -0.2) is 13.6 Å². The zero-order valence-corrected chi connectivity index (χ0v) is 11.0. The number of nitrogens with zero attached hydrogens (tertiary/aromatic N) is 1. The van der Waals surface area contributed by atoms with Gasteiger partial charge in [-0.3, -0.25) is 0 Å². The van der Waals surface area contributed by atoms with Crippen molar-refractivity contribution in [2.45, 2.75) is 38.2 Å². The Morgan fingerprint density at radius 1 is 1.20 bits per heavy atom. The lowest BCUT2D eigenvalue weighted by Crippen LogP contribution is -2.43. The van der Waals surface area contributed by atoms with E-state index in [1.54, 1.807) is 13.8 Å². The van der Waals surface area contributed by atoms with Gasteiger partial charge in [0.15, 0.2) is 0 Å². The molecule has 0 bridgehead atoms. The Kier molecular flexibility index (Phi) is 4.96. The summed E-state index contributed by atoms with van der Waals surface area (Å²) in [6, 6.07) is 0. The molecule has 0 amide bonds. The maximum absolute atomic E-state index is 13.5. The molecule has 0 atom stereocenters. The van der Waals surface area contributed by atoms with Crippen molar-refractivity contribution >= 4 is 11.8 Å². The molecule has 92 valence electrons. The molecule has 0 aromatic heterocycles. The standard InChI is InChI=1S/C10H22ClF2N2/c1-9(2,14-11)8-10(12,13)6-7-15(3,4)5/h14H,6-8H2,1-5H3/q+1. The molecule has 0 aromatic rings. The molecule has 0 saturated heterocycles. The van der Waals surface area contributed by atoms with Gasteiger partial charge in [0.2, 0.25) is 0 Å². The first-order valence-corrected chi connectivity index (χ1v) is 5.41. The van der Waals surface area contributed by atoms with Crippen molar-refractivity contribution in [3.8, 4) is 0 Å². The average molecular weight is 244 g/mol. The molecule has 0 aromatic carbocycles. The van der Waals surface area contributed by atoms with Crippen LogP contribution < -0.4 is 4.84 Å². The second-order valence-corrected chi connectivity index (χ2v) is 5.96. The molecule has 1 N–H and O–H groups in total. The van der Waals surface area contributed by atoms with Gasteiger partial charge < -0.3 is 4.48 Å². The molecule has 0 saturated carbocycles. The molecule has 0 spiro atoms. The molecule has 0 rings (SSSR count). The Labute approximate surface area is 96.3 Å². The normalized spacial score (nSPS) is 14.4. The van der Waals surface area contributed by atoms with Crippen molar-refractivity contribution in [2.24, 2.45) is 0 Å². The third-order valence-electron chi connectivity index (χ3n) is 2.10. The van der Waals surface area contributed by atoms with Gasteiger partial charge in [0.1, 0.15) is 0 Å². The Bertz CT molecular complexity index is 200. The number of hydrogen-bond donors (Lipinski definition) is 1. The number of alkyl halides is 2. The summed E-state index contributed by atoms with van der Waals surface area (Å²) in [6.45, 7) is 3.78. The molecular formula is C10H22ClF2N2+. The molecule has 15 heavy (non-hydrogen) atoms. The quantitative estimate of drug-likeness (QED) is 0.559. The minimum absolute atomic E-state index is 0.113. The second kappa shape index (κ2) is 4.93. The molecule has 0 unspecified atom stereocenters. The summed E-state index contributed by atoms with van der Waals surface area (Å²) in [5.74, 6) is -2.67. The molecule has 0 radical (unpaired) electrons. The Balaban J connectivity index is 4.19. The lowest BCUT2D eigenvalue weighted by molar-refractivity contribution is -0.871. The first-order valence-electron chi connectivity index (χ1n) is 5.04. The minimum Gasteiger partial charge on any atom is -0.331 e. The molecule has 0 fully saturated rings. The van der Waals surface area contributed by atoms with Crippen LogP contribution >= 0.6 is 11.8 Å². The van der Waals surface area contributed by atoms with E-state index in [4.69, 9.17) is 11.8 Å². The van der Waals surface area contributed by atoms with Crippen LogP contribution in [0, 0.1) is 0 Å². The first kappa shape index (κ1) is 15.1. The van der Waals surface area contributed by atoms with E-state index in [1.807, 2.05) is 21.1 Å². The smallest absolute Gasteiger partial charge is 0.255 e. The number of rotatable bonds is 6.